The molecular weight excluding hydrogens is 400 g/mol. The molecule has 0 spiro atoms. The number of nitrogens with two attached hydrogens (primary N) is 1. The number of fused-ring (bicyclic) bond motifs is 1. The van der Waals surface area contributed by atoms with Crippen LogP contribution in [0.2, 0.25) is 0 Å². The Bertz CT molecular complexity index is 1080. The van der Waals surface area contributed by atoms with Crippen molar-refractivity contribution in [3.05, 3.63) is 66.2 Å². The van der Waals surface area contributed by atoms with Crippen molar-refractivity contribution < 1.29 is 14.3 Å². The molecule has 7 nitrogen and oxygen atoms in total. The lowest BCUT2D eigenvalue weighted by Gasteiger charge is -2.13. The predicted octanol–water partition coefficient (Wildman–Crippen LogP) is 3.42. The minimum absolute atomic E-state index is 0.0773. The number of carbonyl (C=O) groups is 1. The third-order valence-corrected chi connectivity index (χ3v) is 4.17. The van der Waals surface area contributed by atoms with E-state index in [1.165, 1.54) is 0 Å². The fourth-order valence-electron chi connectivity index (χ4n) is 2.83. The molecule has 3 aromatic carbocycles. The summed E-state index contributed by atoms with van der Waals surface area (Å²) >= 11 is 4.70. The van der Waals surface area contributed by atoms with E-state index in [1.807, 2.05) is 49.4 Å². The molecule has 3 rings (SSSR count). The molecule has 0 aliphatic carbocycles. The molecule has 0 fully saturated rings. The second kappa shape index (κ2) is 10.2. The Morgan fingerprint density at radius 2 is 1.90 bits per heavy atom. The summed E-state index contributed by atoms with van der Waals surface area (Å²) in [5.41, 5.74) is 9.32. The van der Waals surface area contributed by atoms with Crippen molar-refractivity contribution in [1.29, 1.82) is 0 Å². The van der Waals surface area contributed by atoms with Gasteiger partial charge in [0.2, 0.25) is 0 Å². The zero-order chi connectivity index (χ0) is 21.3. The predicted molar refractivity (Wildman–Crippen MR) is 123 cm³/mol. The van der Waals surface area contributed by atoms with E-state index in [9.17, 15) is 4.79 Å². The first-order valence-electron chi connectivity index (χ1n) is 9.32. The molecule has 0 aromatic heterocycles. The molecule has 0 atom stereocenters. The number of rotatable bonds is 8. The number of thiocarbonyl (C=S) groups is 1. The van der Waals surface area contributed by atoms with Crippen molar-refractivity contribution in [2.24, 2.45) is 10.8 Å². The minimum Gasteiger partial charge on any atom is -0.490 e. The molecule has 154 valence electrons. The van der Waals surface area contributed by atoms with E-state index in [0.717, 1.165) is 22.0 Å². The number of hydrogen-bond acceptors (Lipinski definition) is 5. The maximum atomic E-state index is 12.4. The number of carbonyl (C=O) groups excluding carboxylic acids is 1. The van der Waals surface area contributed by atoms with Crippen molar-refractivity contribution in [2.45, 2.75) is 6.92 Å². The average molecular weight is 423 g/mol. The van der Waals surface area contributed by atoms with Gasteiger partial charge in [0.15, 0.2) is 23.2 Å². The first-order valence-corrected chi connectivity index (χ1v) is 9.73. The monoisotopic (exact) mass is 422 g/mol. The number of nitrogens with zero attached hydrogens (tertiary/aromatic N) is 1. The van der Waals surface area contributed by atoms with Gasteiger partial charge in [0.1, 0.15) is 0 Å². The van der Waals surface area contributed by atoms with Crippen molar-refractivity contribution in [2.75, 3.05) is 18.5 Å². The Morgan fingerprint density at radius 1 is 1.10 bits per heavy atom. The van der Waals surface area contributed by atoms with Crippen molar-refractivity contribution in [3.8, 4) is 11.5 Å². The van der Waals surface area contributed by atoms with Gasteiger partial charge in [-0.05, 0) is 54.4 Å². The standard InChI is InChI=1S/C22H22N4O3S/c1-2-28-20-12-15(13-24-26-22(23)30)10-11-19(20)29-14-21(27)25-18-9-5-7-16-6-3-4-8-17(16)18/h3-13H,2,14H2,1H3,(H,25,27)(H3,23,26,30). The Kier molecular flexibility index (Phi) is 7.18. The van der Waals surface area contributed by atoms with E-state index in [-0.39, 0.29) is 17.6 Å². The van der Waals surface area contributed by atoms with Gasteiger partial charge in [0.05, 0.1) is 12.8 Å². The molecule has 0 heterocycles. The summed E-state index contributed by atoms with van der Waals surface area (Å²) in [4.78, 5) is 12.4. The lowest BCUT2D eigenvalue weighted by molar-refractivity contribution is -0.118. The molecule has 8 heteroatoms. The summed E-state index contributed by atoms with van der Waals surface area (Å²) < 4.78 is 11.3. The van der Waals surface area contributed by atoms with Crippen LogP contribution in [0.4, 0.5) is 5.69 Å². The number of benzene rings is 3. The first-order chi connectivity index (χ1) is 14.6. The molecule has 30 heavy (non-hydrogen) atoms. The summed E-state index contributed by atoms with van der Waals surface area (Å²) in [6.07, 6.45) is 1.55. The Morgan fingerprint density at radius 3 is 2.70 bits per heavy atom. The number of amides is 1. The topological polar surface area (TPSA) is 98.0 Å². The summed E-state index contributed by atoms with van der Waals surface area (Å²) in [6, 6.07) is 18.9. The minimum atomic E-state index is -0.264. The zero-order valence-electron chi connectivity index (χ0n) is 16.4. The van der Waals surface area contributed by atoms with Crippen LogP contribution in [0.25, 0.3) is 10.8 Å². The number of nitrogens with one attached hydrogen (secondary N) is 2. The number of hydrogen-bond donors (Lipinski definition) is 3. The van der Waals surface area contributed by atoms with Crippen molar-refractivity contribution in [1.82, 2.24) is 5.43 Å². The number of hydrazone groups is 1. The molecule has 4 N–H and O–H groups in total. The molecule has 0 aliphatic heterocycles. The number of ether oxygens (including phenoxy) is 2. The molecular formula is C22H22N4O3S. The number of anilines is 1. The third kappa shape index (κ3) is 5.68. The van der Waals surface area contributed by atoms with Gasteiger partial charge in [-0.2, -0.15) is 5.10 Å². The first kappa shape index (κ1) is 21.1. The van der Waals surface area contributed by atoms with Gasteiger partial charge >= 0.3 is 0 Å². The highest BCUT2D eigenvalue weighted by atomic mass is 32.1. The van der Waals surface area contributed by atoms with Gasteiger partial charge in [-0.3, -0.25) is 10.2 Å². The van der Waals surface area contributed by atoms with Crippen LogP contribution in [0.15, 0.2) is 65.8 Å². The van der Waals surface area contributed by atoms with E-state index in [0.29, 0.717) is 18.1 Å². The van der Waals surface area contributed by atoms with Gasteiger partial charge < -0.3 is 20.5 Å². The Balaban J connectivity index is 1.67. The van der Waals surface area contributed by atoms with Crippen LogP contribution in [-0.2, 0) is 4.79 Å². The van der Waals surface area contributed by atoms with Crippen LogP contribution in [0.5, 0.6) is 11.5 Å². The van der Waals surface area contributed by atoms with Gasteiger partial charge in [-0.25, -0.2) is 0 Å². The van der Waals surface area contributed by atoms with E-state index in [4.69, 9.17) is 27.4 Å². The third-order valence-electron chi connectivity index (χ3n) is 4.08. The highest BCUT2D eigenvalue weighted by molar-refractivity contribution is 7.80. The van der Waals surface area contributed by atoms with Crippen molar-refractivity contribution >= 4 is 45.9 Å². The maximum Gasteiger partial charge on any atom is 0.262 e. The molecule has 0 aliphatic rings. The molecule has 0 saturated heterocycles. The zero-order valence-corrected chi connectivity index (χ0v) is 17.2. The van der Waals surface area contributed by atoms with Crippen LogP contribution in [0.1, 0.15) is 12.5 Å². The van der Waals surface area contributed by atoms with E-state index < -0.39 is 0 Å². The lowest BCUT2D eigenvalue weighted by Crippen LogP contribution is -2.24. The normalized spacial score (nSPS) is 10.7. The average Bonchev–Trinajstić information content (AvgIpc) is 2.73. The second-order valence-corrected chi connectivity index (χ2v) is 6.68. The van der Waals surface area contributed by atoms with Crippen LogP contribution in [0, 0.1) is 0 Å². The highest BCUT2D eigenvalue weighted by Gasteiger charge is 2.10. The summed E-state index contributed by atoms with van der Waals surface area (Å²) in [7, 11) is 0. The highest BCUT2D eigenvalue weighted by Crippen LogP contribution is 2.28. The largest absolute Gasteiger partial charge is 0.490 e. The molecule has 3 aromatic rings. The molecule has 0 bridgehead atoms. The van der Waals surface area contributed by atoms with Gasteiger partial charge in [0.25, 0.3) is 5.91 Å². The Hall–Kier alpha value is -3.65. The van der Waals surface area contributed by atoms with Gasteiger partial charge in [-0.15, -0.1) is 0 Å². The smallest absolute Gasteiger partial charge is 0.262 e. The molecule has 0 unspecified atom stereocenters. The van der Waals surface area contributed by atoms with Crippen LogP contribution in [-0.4, -0.2) is 30.4 Å². The fourth-order valence-corrected chi connectivity index (χ4v) is 2.88. The summed E-state index contributed by atoms with van der Waals surface area (Å²) in [6.45, 7) is 2.16. The van der Waals surface area contributed by atoms with Crippen LogP contribution in [0.3, 0.4) is 0 Å². The van der Waals surface area contributed by atoms with Crippen LogP contribution < -0.4 is 25.9 Å². The maximum absolute atomic E-state index is 12.4. The van der Waals surface area contributed by atoms with E-state index in [1.54, 1.807) is 24.4 Å². The van der Waals surface area contributed by atoms with E-state index in [2.05, 4.69) is 15.8 Å². The molecule has 1 amide bonds. The summed E-state index contributed by atoms with van der Waals surface area (Å²) in [5, 5.41) is 8.91. The van der Waals surface area contributed by atoms with E-state index >= 15 is 0 Å². The fraction of sp³-hybridized carbons (Fsp3) is 0.136. The quantitative estimate of drug-likeness (QED) is 0.292. The second-order valence-electron chi connectivity index (χ2n) is 6.24. The SMILES string of the molecule is CCOc1cc(C=NNC(N)=S)ccc1OCC(=O)Nc1cccc2ccccc12. The van der Waals surface area contributed by atoms with Crippen molar-refractivity contribution in [3.63, 3.8) is 0 Å². The Labute approximate surface area is 179 Å². The van der Waals surface area contributed by atoms with Gasteiger partial charge in [0, 0.05) is 11.1 Å². The lowest BCUT2D eigenvalue weighted by atomic mass is 10.1. The summed E-state index contributed by atoms with van der Waals surface area (Å²) in [5.74, 6) is 0.708. The van der Waals surface area contributed by atoms with Gasteiger partial charge in [-0.1, -0.05) is 36.4 Å². The molecule has 0 saturated carbocycles. The van der Waals surface area contributed by atoms with Crippen LogP contribution >= 0.6 is 12.2 Å². The molecule has 0 radical (unpaired) electrons.